The van der Waals surface area contributed by atoms with Crippen LogP contribution in [0.4, 0.5) is 4.39 Å². The molecule has 0 amide bonds. The number of unbranched alkanes of at least 4 members (excludes halogenated alkanes) is 2. The lowest BCUT2D eigenvalue weighted by atomic mass is 9.77. The molecule has 0 radical (unpaired) electrons. The van der Waals surface area contributed by atoms with E-state index in [-0.39, 0.29) is 5.82 Å². The highest BCUT2D eigenvalue weighted by molar-refractivity contribution is 5.31. The summed E-state index contributed by atoms with van der Waals surface area (Å²) in [5.74, 6) is 1.66. The van der Waals surface area contributed by atoms with Gasteiger partial charge in [-0.25, -0.2) is 4.39 Å². The Kier molecular flexibility index (Phi) is 7.21. The van der Waals surface area contributed by atoms with Crippen molar-refractivity contribution in [3.05, 3.63) is 29.6 Å². The van der Waals surface area contributed by atoms with E-state index in [9.17, 15) is 4.39 Å². The summed E-state index contributed by atoms with van der Waals surface area (Å²) < 4.78 is 19.7. The van der Waals surface area contributed by atoms with E-state index in [0.717, 1.165) is 30.7 Å². The number of rotatable bonds is 8. The van der Waals surface area contributed by atoms with Gasteiger partial charge in [-0.1, -0.05) is 45.6 Å². The predicted octanol–water partition coefficient (Wildman–Crippen LogP) is 6.47. The summed E-state index contributed by atoms with van der Waals surface area (Å²) in [6.07, 6.45) is 11.0. The topological polar surface area (TPSA) is 9.23 Å². The molecule has 0 aliphatic heterocycles. The second-order valence-corrected chi connectivity index (χ2v) is 6.75. The van der Waals surface area contributed by atoms with Crippen LogP contribution in [0.2, 0.25) is 0 Å². The zero-order valence-corrected chi connectivity index (χ0v) is 14.2. The predicted molar refractivity (Wildman–Crippen MR) is 91.0 cm³/mol. The lowest BCUT2D eigenvalue weighted by molar-refractivity contribution is 0.289. The monoisotopic (exact) mass is 306 g/mol. The fourth-order valence-corrected chi connectivity index (χ4v) is 3.61. The second-order valence-electron chi connectivity index (χ2n) is 6.75. The van der Waals surface area contributed by atoms with E-state index in [0.29, 0.717) is 18.3 Å². The number of hydrogen-bond donors (Lipinski definition) is 0. The first-order valence-electron chi connectivity index (χ1n) is 9.16. The van der Waals surface area contributed by atoms with Gasteiger partial charge in [0.15, 0.2) is 11.6 Å². The van der Waals surface area contributed by atoms with Crippen molar-refractivity contribution < 1.29 is 9.13 Å². The molecule has 0 spiro atoms. The van der Waals surface area contributed by atoms with Crippen LogP contribution in [0.1, 0.15) is 83.1 Å². The van der Waals surface area contributed by atoms with Crippen LogP contribution < -0.4 is 4.74 Å². The summed E-state index contributed by atoms with van der Waals surface area (Å²) in [5.41, 5.74) is 1.16. The zero-order valence-electron chi connectivity index (χ0n) is 14.2. The Morgan fingerprint density at radius 2 is 1.82 bits per heavy atom. The van der Waals surface area contributed by atoms with Crippen LogP contribution in [-0.2, 0) is 0 Å². The van der Waals surface area contributed by atoms with Gasteiger partial charge in [0.25, 0.3) is 0 Å². The van der Waals surface area contributed by atoms with Gasteiger partial charge in [-0.2, -0.15) is 0 Å². The molecular weight excluding hydrogens is 275 g/mol. The Bertz CT molecular complexity index is 435. The molecule has 1 aliphatic rings. The highest BCUT2D eigenvalue weighted by Crippen LogP contribution is 2.38. The Hall–Kier alpha value is -1.05. The third-order valence-corrected chi connectivity index (χ3v) is 4.98. The van der Waals surface area contributed by atoms with E-state index in [1.54, 1.807) is 6.07 Å². The first-order valence-corrected chi connectivity index (χ1v) is 9.16. The van der Waals surface area contributed by atoms with Crippen molar-refractivity contribution in [2.75, 3.05) is 6.61 Å². The normalized spacial score (nSPS) is 21.8. The van der Waals surface area contributed by atoms with Gasteiger partial charge in [-0.05, 0) is 61.6 Å². The average molecular weight is 306 g/mol. The highest BCUT2D eigenvalue weighted by atomic mass is 19.1. The second kappa shape index (κ2) is 9.17. The van der Waals surface area contributed by atoms with Gasteiger partial charge < -0.3 is 4.74 Å². The summed E-state index contributed by atoms with van der Waals surface area (Å²) in [5, 5.41) is 0. The Morgan fingerprint density at radius 1 is 1.05 bits per heavy atom. The minimum absolute atomic E-state index is 0.190. The number of halogens is 1. The van der Waals surface area contributed by atoms with E-state index in [1.807, 2.05) is 6.07 Å². The quantitative estimate of drug-likeness (QED) is 0.500. The first kappa shape index (κ1) is 17.3. The molecule has 2 heteroatoms. The molecule has 2 rings (SSSR count). The van der Waals surface area contributed by atoms with Crippen molar-refractivity contribution in [3.63, 3.8) is 0 Å². The maximum Gasteiger partial charge on any atom is 0.165 e. The fourth-order valence-electron chi connectivity index (χ4n) is 3.61. The molecule has 0 bridgehead atoms. The molecule has 0 atom stereocenters. The van der Waals surface area contributed by atoms with Gasteiger partial charge in [-0.3, -0.25) is 0 Å². The lowest BCUT2D eigenvalue weighted by Crippen LogP contribution is -2.13. The fraction of sp³-hybridized carbons (Fsp3) is 0.700. The summed E-state index contributed by atoms with van der Waals surface area (Å²) in [7, 11) is 0. The molecule has 1 aromatic rings. The standard InChI is InChI=1S/C20H31FO/c1-3-5-6-14-22-20-13-12-18(15-19(20)21)17-10-8-16(7-4-2)9-11-17/h12-13,15-17H,3-11,14H2,1-2H3/t16-,17-. The first-order chi connectivity index (χ1) is 10.7. The van der Waals surface area contributed by atoms with E-state index < -0.39 is 0 Å². The molecule has 124 valence electrons. The Labute approximate surface area is 135 Å². The molecule has 1 nitrogen and oxygen atoms in total. The minimum atomic E-state index is -0.190. The van der Waals surface area contributed by atoms with Crippen molar-refractivity contribution >= 4 is 0 Å². The van der Waals surface area contributed by atoms with Crippen molar-refractivity contribution in [2.24, 2.45) is 5.92 Å². The van der Waals surface area contributed by atoms with Crippen LogP contribution >= 0.6 is 0 Å². The summed E-state index contributed by atoms with van der Waals surface area (Å²) >= 11 is 0. The van der Waals surface area contributed by atoms with Gasteiger partial charge in [-0.15, -0.1) is 0 Å². The molecule has 0 N–H and O–H groups in total. The molecule has 22 heavy (non-hydrogen) atoms. The van der Waals surface area contributed by atoms with Gasteiger partial charge in [0.1, 0.15) is 0 Å². The van der Waals surface area contributed by atoms with Crippen LogP contribution in [0, 0.1) is 11.7 Å². The third-order valence-electron chi connectivity index (χ3n) is 4.98. The van der Waals surface area contributed by atoms with E-state index in [1.165, 1.54) is 38.5 Å². The molecule has 1 aliphatic carbocycles. The summed E-state index contributed by atoms with van der Waals surface area (Å²) in [6, 6.07) is 5.61. The molecule has 1 aromatic carbocycles. The largest absolute Gasteiger partial charge is 0.491 e. The lowest BCUT2D eigenvalue weighted by Gasteiger charge is -2.28. The van der Waals surface area contributed by atoms with Gasteiger partial charge >= 0.3 is 0 Å². The van der Waals surface area contributed by atoms with Crippen molar-refractivity contribution in [1.82, 2.24) is 0 Å². The van der Waals surface area contributed by atoms with Crippen LogP contribution in [-0.4, -0.2) is 6.61 Å². The third kappa shape index (κ3) is 5.00. The maximum atomic E-state index is 14.2. The molecule has 0 heterocycles. The summed E-state index contributed by atoms with van der Waals surface area (Å²) in [4.78, 5) is 0. The summed E-state index contributed by atoms with van der Waals surface area (Å²) in [6.45, 7) is 5.04. The van der Waals surface area contributed by atoms with E-state index in [4.69, 9.17) is 4.74 Å². The number of hydrogen-bond acceptors (Lipinski definition) is 1. The van der Waals surface area contributed by atoms with Crippen LogP contribution in [0.5, 0.6) is 5.75 Å². The highest BCUT2D eigenvalue weighted by Gasteiger charge is 2.22. The molecule has 0 unspecified atom stereocenters. The van der Waals surface area contributed by atoms with Gasteiger partial charge in [0.2, 0.25) is 0 Å². The molecule has 0 saturated heterocycles. The molecule has 0 aromatic heterocycles. The Morgan fingerprint density at radius 3 is 2.45 bits per heavy atom. The van der Waals surface area contributed by atoms with Gasteiger partial charge in [0.05, 0.1) is 6.61 Å². The number of ether oxygens (including phenoxy) is 1. The van der Waals surface area contributed by atoms with E-state index in [2.05, 4.69) is 19.9 Å². The minimum Gasteiger partial charge on any atom is -0.491 e. The molecule has 1 saturated carbocycles. The smallest absolute Gasteiger partial charge is 0.165 e. The van der Waals surface area contributed by atoms with Crippen molar-refractivity contribution in [1.29, 1.82) is 0 Å². The van der Waals surface area contributed by atoms with Crippen molar-refractivity contribution in [3.8, 4) is 5.75 Å². The van der Waals surface area contributed by atoms with Gasteiger partial charge in [0, 0.05) is 0 Å². The maximum absolute atomic E-state index is 14.2. The average Bonchev–Trinajstić information content (AvgIpc) is 2.54. The molecular formula is C20H31FO. The zero-order chi connectivity index (χ0) is 15.8. The van der Waals surface area contributed by atoms with E-state index >= 15 is 0 Å². The van der Waals surface area contributed by atoms with Crippen LogP contribution in [0.25, 0.3) is 0 Å². The van der Waals surface area contributed by atoms with Crippen molar-refractivity contribution in [2.45, 2.75) is 77.6 Å². The van der Waals surface area contributed by atoms with Crippen LogP contribution in [0.3, 0.4) is 0 Å². The SMILES string of the molecule is CCCCCOc1ccc([C@H]2CC[C@H](CCC)CC2)cc1F. The number of benzene rings is 1. The van der Waals surface area contributed by atoms with Crippen LogP contribution in [0.15, 0.2) is 18.2 Å². The Balaban J connectivity index is 1.86. The molecule has 1 fully saturated rings.